The number of rotatable bonds is 11. The maximum atomic E-state index is 14.3. The fraction of sp³-hybridized carbons (Fsp3) is 0.394. The first-order valence-corrected chi connectivity index (χ1v) is 16.8. The maximum absolute atomic E-state index is 14.3. The van der Waals surface area contributed by atoms with Gasteiger partial charge < -0.3 is 10.2 Å². The molecule has 1 aliphatic carbocycles. The molecule has 0 spiro atoms. The van der Waals surface area contributed by atoms with E-state index in [4.69, 9.17) is 0 Å². The van der Waals surface area contributed by atoms with Gasteiger partial charge in [0.1, 0.15) is 12.6 Å². The topological polar surface area (TPSA) is 86.8 Å². The third kappa shape index (κ3) is 8.01. The van der Waals surface area contributed by atoms with Crippen molar-refractivity contribution in [2.75, 3.05) is 10.8 Å². The first-order valence-electron chi connectivity index (χ1n) is 14.6. The zero-order valence-electron chi connectivity index (χ0n) is 24.6. The van der Waals surface area contributed by atoms with E-state index in [1.54, 1.807) is 53.4 Å². The molecule has 0 saturated heterocycles. The van der Waals surface area contributed by atoms with Crippen LogP contribution in [0.3, 0.4) is 0 Å². The van der Waals surface area contributed by atoms with E-state index >= 15 is 0 Å². The number of sulfonamides is 1. The quantitative estimate of drug-likeness (QED) is 0.255. The van der Waals surface area contributed by atoms with E-state index in [9.17, 15) is 18.0 Å². The lowest BCUT2D eigenvalue weighted by Crippen LogP contribution is -2.54. The highest BCUT2D eigenvalue weighted by atomic mass is 79.9. The van der Waals surface area contributed by atoms with Gasteiger partial charge in [-0.3, -0.25) is 13.9 Å². The molecule has 2 amide bonds. The second-order valence-corrected chi connectivity index (χ2v) is 13.9. The molecule has 1 N–H and O–H groups in total. The van der Waals surface area contributed by atoms with Crippen molar-refractivity contribution in [1.82, 2.24) is 10.2 Å². The zero-order chi connectivity index (χ0) is 30.3. The van der Waals surface area contributed by atoms with Crippen LogP contribution in [0.4, 0.5) is 5.69 Å². The summed E-state index contributed by atoms with van der Waals surface area (Å²) < 4.78 is 29.9. The summed E-state index contributed by atoms with van der Waals surface area (Å²) >= 11 is 3.44. The summed E-state index contributed by atoms with van der Waals surface area (Å²) in [5.41, 5.74) is 3.20. The summed E-state index contributed by atoms with van der Waals surface area (Å²) in [6.07, 6.45) is 5.58. The Morgan fingerprint density at radius 3 is 2.26 bits per heavy atom. The summed E-state index contributed by atoms with van der Waals surface area (Å²) in [4.78, 5) is 29.5. The number of nitrogens with one attached hydrogen (secondary N) is 1. The minimum Gasteiger partial charge on any atom is -0.352 e. The molecule has 0 aliphatic heterocycles. The highest BCUT2D eigenvalue weighted by Gasteiger charge is 2.34. The third-order valence-corrected chi connectivity index (χ3v) is 10.0. The Morgan fingerprint density at radius 2 is 1.62 bits per heavy atom. The van der Waals surface area contributed by atoms with Crippen LogP contribution in [0.5, 0.6) is 0 Å². The van der Waals surface area contributed by atoms with E-state index in [-0.39, 0.29) is 23.4 Å². The standard InChI is InChI=1S/C33H40BrN3O4S/c1-4-31(33(39)35-28-13-6-5-7-14-28)36(22-26-11-8-10-25(3)20-26)32(38)23-37(29-15-9-12-27(34)21-29)42(40,41)30-18-16-24(2)17-19-30/h8-12,15-21,28,31H,4-7,13-14,22-23H2,1-3H3,(H,35,39). The minimum atomic E-state index is -4.11. The second-order valence-electron chi connectivity index (χ2n) is 11.1. The molecule has 7 nitrogen and oxygen atoms in total. The lowest BCUT2D eigenvalue weighted by atomic mass is 9.95. The first-order chi connectivity index (χ1) is 20.1. The number of anilines is 1. The van der Waals surface area contributed by atoms with Gasteiger partial charge in [-0.05, 0) is 69.0 Å². The number of carbonyl (C=O) groups excluding carboxylic acids is 2. The van der Waals surface area contributed by atoms with Crippen molar-refractivity contribution in [3.63, 3.8) is 0 Å². The van der Waals surface area contributed by atoms with Crippen molar-refractivity contribution in [2.45, 2.75) is 82.8 Å². The van der Waals surface area contributed by atoms with Crippen molar-refractivity contribution in [3.8, 4) is 0 Å². The van der Waals surface area contributed by atoms with Crippen LogP contribution in [-0.2, 0) is 26.2 Å². The molecule has 1 saturated carbocycles. The number of carbonyl (C=O) groups is 2. The number of aryl methyl sites for hydroxylation is 2. The number of amides is 2. The second kappa shape index (κ2) is 14.3. The van der Waals surface area contributed by atoms with E-state index < -0.39 is 28.5 Å². The first kappa shape index (κ1) is 31.8. The normalized spacial score (nSPS) is 14.7. The monoisotopic (exact) mass is 653 g/mol. The van der Waals surface area contributed by atoms with Crippen molar-refractivity contribution in [1.29, 1.82) is 0 Å². The largest absolute Gasteiger partial charge is 0.352 e. The summed E-state index contributed by atoms with van der Waals surface area (Å²) in [7, 11) is -4.11. The van der Waals surface area contributed by atoms with E-state index in [1.807, 2.05) is 45.0 Å². The Balaban J connectivity index is 1.71. The molecule has 0 bridgehead atoms. The molecule has 42 heavy (non-hydrogen) atoms. The lowest BCUT2D eigenvalue weighted by molar-refractivity contribution is -0.140. The Labute approximate surface area is 258 Å². The van der Waals surface area contributed by atoms with Gasteiger partial charge in [-0.15, -0.1) is 0 Å². The van der Waals surface area contributed by atoms with Crippen molar-refractivity contribution < 1.29 is 18.0 Å². The van der Waals surface area contributed by atoms with E-state index in [1.165, 1.54) is 6.42 Å². The third-order valence-electron chi connectivity index (χ3n) is 7.76. The van der Waals surface area contributed by atoms with E-state index in [0.29, 0.717) is 16.6 Å². The predicted octanol–water partition coefficient (Wildman–Crippen LogP) is 6.52. The molecule has 0 aromatic heterocycles. The van der Waals surface area contributed by atoms with Gasteiger partial charge in [0.15, 0.2) is 0 Å². The fourth-order valence-electron chi connectivity index (χ4n) is 5.47. The van der Waals surface area contributed by atoms with Crippen LogP contribution in [0, 0.1) is 13.8 Å². The van der Waals surface area contributed by atoms with Gasteiger partial charge in [-0.25, -0.2) is 8.42 Å². The minimum absolute atomic E-state index is 0.0909. The van der Waals surface area contributed by atoms with Crippen molar-refractivity contribution >= 4 is 43.5 Å². The SMILES string of the molecule is CCC(C(=O)NC1CCCCC1)N(Cc1cccc(C)c1)C(=O)CN(c1cccc(Br)c1)S(=O)(=O)c1ccc(C)cc1. The highest BCUT2D eigenvalue weighted by Crippen LogP contribution is 2.28. The van der Waals surface area contributed by atoms with E-state index in [0.717, 1.165) is 46.7 Å². The van der Waals surface area contributed by atoms with Gasteiger partial charge in [0.05, 0.1) is 10.6 Å². The number of hydrogen-bond acceptors (Lipinski definition) is 4. The average molecular weight is 655 g/mol. The fourth-order valence-corrected chi connectivity index (χ4v) is 7.26. The van der Waals surface area contributed by atoms with Crippen LogP contribution < -0.4 is 9.62 Å². The van der Waals surface area contributed by atoms with Crippen molar-refractivity contribution in [3.05, 3.63) is 94.0 Å². The summed E-state index contributed by atoms with van der Waals surface area (Å²) in [6, 6.07) is 20.6. The molecule has 0 radical (unpaired) electrons. The Bertz CT molecular complexity index is 1490. The molecule has 1 unspecified atom stereocenters. The number of hydrogen-bond donors (Lipinski definition) is 1. The van der Waals surface area contributed by atoms with Crippen LogP contribution >= 0.6 is 15.9 Å². The van der Waals surface area contributed by atoms with E-state index in [2.05, 4.69) is 21.2 Å². The van der Waals surface area contributed by atoms with Crippen LogP contribution in [0.2, 0.25) is 0 Å². The molecular formula is C33H40BrN3O4S. The van der Waals surface area contributed by atoms with Crippen LogP contribution in [0.15, 0.2) is 82.2 Å². The summed E-state index contributed by atoms with van der Waals surface area (Å²) in [5.74, 6) is -0.640. The molecule has 4 rings (SSSR count). The Morgan fingerprint density at radius 1 is 0.929 bits per heavy atom. The smallest absolute Gasteiger partial charge is 0.264 e. The summed E-state index contributed by atoms with van der Waals surface area (Å²) in [6.45, 7) is 5.49. The molecule has 1 fully saturated rings. The van der Waals surface area contributed by atoms with Gasteiger partial charge in [0, 0.05) is 17.1 Å². The van der Waals surface area contributed by atoms with Crippen LogP contribution in [0.25, 0.3) is 0 Å². The molecule has 224 valence electrons. The van der Waals surface area contributed by atoms with Crippen molar-refractivity contribution in [2.24, 2.45) is 0 Å². The molecule has 9 heteroatoms. The number of halogens is 1. The highest BCUT2D eigenvalue weighted by molar-refractivity contribution is 9.10. The molecule has 1 atom stereocenters. The molecule has 0 heterocycles. The van der Waals surface area contributed by atoms with Gasteiger partial charge in [-0.2, -0.15) is 0 Å². The molecule has 3 aromatic carbocycles. The van der Waals surface area contributed by atoms with Gasteiger partial charge >= 0.3 is 0 Å². The molecular weight excluding hydrogens is 614 g/mol. The van der Waals surface area contributed by atoms with Crippen LogP contribution in [-0.4, -0.2) is 43.8 Å². The van der Waals surface area contributed by atoms with Gasteiger partial charge in [0.25, 0.3) is 10.0 Å². The molecule has 1 aliphatic rings. The molecule has 3 aromatic rings. The number of benzene rings is 3. The maximum Gasteiger partial charge on any atom is 0.264 e. The number of nitrogens with zero attached hydrogens (tertiary/aromatic N) is 2. The average Bonchev–Trinajstić information content (AvgIpc) is 2.96. The predicted molar refractivity (Wildman–Crippen MR) is 171 cm³/mol. The Hall–Kier alpha value is -3.17. The van der Waals surface area contributed by atoms with Gasteiger partial charge in [0.2, 0.25) is 11.8 Å². The lowest BCUT2D eigenvalue weighted by Gasteiger charge is -2.34. The Kier molecular flexibility index (Phi) is 10.8. The summed E-state index contributed by atoms with van der Waals surface area (Å²) in [5, 5.41) is 3.19. The zero-order valence-corrected chi connectivity index (χ0v) is 27.0. The van der Waals surface area contributed by atoms with Gasteiger partial charge in [-0.1, -0.05) is 95.7 Å². The van der Waals surface area contributed by atoms with Crippen LogP contribution in [0.1, 0.15) is 62.1 Å².